The fraction of sp³-hybridized carbons (Fsp3) is 0.294. The smallest absolute Gasteiger partial charge is 0.303 e. The van der Waals surface area contributed by atoms with E-state index in [1.165, 1.54) is 0 Å². The lowest BCUT2D eigenvalue weighted by molar-refractivity contribution is -0.137. The van der Waals surface area contributed by atoms with E-state index in [1.807, 2.05) is 49.4 Å². The number of fused-ring (bicyclic) bond motifs is 1. The summed E-state index contributed by atoms with van der Waals surface area (Å²) in [5, 5.41) is 13.5. The van der Waals surface area contributed by atoms with E-state index >= 15 is 0 Å². The zero-order valence-corrected chi connectivity index (χ0v) is 12.0. The van der Waals surface area contributed by atoms with Gasteiger partial charge in [0.2, 0.25) is 0 Å². The van der Waals surface area contributed by atoms with Gasteiger partial charge in [0.05, 0.1) is 0 Å². The average Bonchev–Trinajstić information content (AvgIpc) is 2.46. The molecular weight excluding hydrogens is 266 g/mol. The third-order valence-electron chi connectivity index (χ3n) is 3.44. The highest BCUT2D eigenvalue weighted by Gasteiger charge is 2.12. The first-order valence-electron chi connectivity index (χ1n) is 7.08. The van der Waals surface area contributed by atoms with Gasteiger partial charge in [0.15, 0.2) is 0 Å². The maximum absolute atomic E-state index is 12.3. The Balaban J connectivity index is 2.03. The van der Waals surface area contributed by atoms with Crippen LogP contribution in [0.3, 0.4) is 0 Å². The van der Waals surface area contributed by atoms with Crippen molar-refractivity contribution in [3.63, 3.8) is 0 Å². The fourth-order valence-corrected chi connectivity index (χ4v) is 2.36. The summed E-state index contributed by atoms with van der Waals surface area (Å²) in [4.78, 5) is 22.8. The average molecular weight is 285 g/mol. The molecule has 2 aromatic rings. The molecule has 0 saturated carbocycles. The Labute approximate surface area is 123 Å². The van der Waals surface area contributed by atoms with E-state index in [2.05, 4.69) is 5.32 Å². The van der Waals surface area contributed by atoms with Gasteiger partial charge in [-0.2, -0.15) is 0 Å². The van der Waals surface area contributed by atoms with Gasteiger partial charge >= 0.3 is 5.97 Å². The van der Waals surface area contributed by atoms with Crippen molar-refractivity contribution in [2.45, 2.75) is 32.2 Å². The van der Waals surface area contributed by atoms with Crippen LogP contribution in [0.5, 0.6) is 0 Å². The Morgan fingerprint density at radius 3 is 2.62 bits per heavy atom. The van der Waals surface area contributed by atoms with Crippen molar-refractivity contribution in [1.29, 1.82) is 0 Å². The Bertz CT molecular complexity index is 646. The first kappa shape index (κ1) is 15.0. The third kappa shape index (κ3) is 4.05. The topological polar surface area (TPSA) is 66.4 Å². The van der Waals surface area contributed by atoms with Gasteiger partial charge in [-0.3, -0.25) is 9.59 Å². The molecule has 0 heterocycles. The number of carboxylic acids is 1. The number of carbonyl (C=O) groups excluding carboxylic acids is 1. The number of hydrogen-bond donors (Lipinski definition) is 2. The van der Waals surface area contributed by atoms with Crippen LogP contribution >= 0.6 is 0 Å². The van der Waals surface area contributed by atoms with Crippen molar-refractivity contribution in [1.82, 2.24) is 5.32 Å². The molecule has 0 radical (unpaired) electrons. The molecule has 0 spiro atoms. The predicted molar refractivity (Wildman–Crippen MR) is 82.4 cm³/mol. The first-order valence-corrected chi connectivity index (χ1v) is 7.08. The lowest BCUT2D eigenvalue weighted by Crippen LogP contribution is -2.32. The van der Waals surface area contributed by atoms with Crippen LogP contribution in [0.1, 0.15) is 36.5 Å². The number of carboxylic acid groups (broad SMARTS) is 1. The highest BCUT2D eigenvalue weighted by atomic mass is 16.4. The molecule has 1 atom stereocenters. The first-order chi connectivity index (χ1) is 10.1. The van der Waals surface area contributed by atoms with E-state index in [1.54, 1.807) is 0 Å². The van der Waals surface area contributed by atoms with Gasteiger partial charge in [0, 0.05) is 18.0 Å². The van der Waals surface area contributed by atoms with Crippen molar-refractivity contribution >= 4 is 22.6 Å². The summed E-state index contributed by atoms with van der Waals surface area (Å²) in [5.74, 6) is -0.919. The zero-order valence-electron chi connectivity index (χ0n) is 12.0. The lowest BCUT2D eigenvalue weighted by atomic mass is 10.0. The predicted octanol–water partition coefficient (Wildman–Crippen LogP) is 3.21. The SMILES string of the molecule is CC(CCCC(=O)O)NC(=O)c1cccc2ccccc12. The fourth-order valence-electron chi connectivity index (χ4n) is 2.36. The second kappa shape index (κ2) is 6.88. The van der Waals surface area contributed by atoms with Crippen molar-refractivity contribution in [2.24, 2.45) is 0 Å². The molecular formula is C17H19NO3. The molecule has 1 amide bonds. The maximum atomic E-state index is 12.3. The number of aliphatic carboxylic acids is 1. The minimum Gasteiger partial charge on any atom is -0.481 e. The molecule has 110 valence electrons. The Morgan fingerprint density at radius 1 is 1.14 bits per heavy atom. The van der Waals surface area contributed by atoms with Crippen LogP contribution in [0.15, 0.2) is 42.5 Å². The second-order valence-electron chi connectivity index (χ2n) is 5.19. The Hall–Kier alpha value is -2.36. The summed E-state index contributed by atoms with van der Waals surface area (Å²) in [6, 6.07) is 13.4. The molecule has 0 saturated heterocycles. The van der Waals surface area contributed by atoms with Gasteiger partial charge in [0.1, 0.15) is 0 Å². The van der Waals surface area contributed by atoms with Gasteiger partial charge < -0.3 is 10.4 Å². The Kier molecular flexibility index (Phi) is 4.93. The molecule has 0 aliphatic carbocycles. The molecule has 0 aliphatic rings. The molecule has 0 fully saturated rings. The van der Waals surface area contributed by atoms with Crippen LogP contribution in [0.25, 0.3) is 10.8 Å². The zero-order chi connectivity index (χ0) is 15.2. The highest BCUT2D eigenvalue weighted by Crippen LogP contribution is 2.18. The number of amides is 1. The quantitative estimate of drug-likeness (QED) is 0.856. The van der Waals surface area contributed by atoms with E-state index in [4.69, 9.17) is 5.11 Å². The van der Waals surface area contributed by atoms with E-state index < -0.39 is 5.97 Å². The number of rotatable bonds is 6. The number of benzene rings is 2. The summed E-state index contributed by atoms with van der Waals surface area (Å²) in [5.41, 5.74) is 0.651. The lowest BCUT2D eigenvalue weighted by Gasteiger charge is -2.14. The molecule has 0 aliphatic heterocycles. The summed E-state index contributed by atoms with van der Waals surface area (Å²) >= 11 is 0. The second-order valence-corrected chi connectivity index (χ2v) is 5.19. The molecule has 2 N–H and O–H groups in total. The number of nitrogens with one attached hydrogen (secondary N) is 1. The normalized spacial score (nSPS) is 12.0. The standard InChI is InChI=1S/C17H19NO3/c1-12(6-4-11-16(19)20)18-17(21)15-10-5-8-13-7-2-3-9-14(13)15/h2-3,5,7-10,12H,4,6,11H2,1H3,(H,18,21)(H,19,20). The summed E-state index contributed by atoms with van der Waals surface area (Å²) < 4.78 is 0. The van der Waals surface area contributed by atoms with Gasteiger partial charge in [-0.1, -0.05) is 36.4 Å². The largest absolute Gasteiger partial charge is 0.481 e. The number of hydrogen-bond acceptors (Lipinski definition) is 2. The van der Waals surface area contributed by atoms with Crippen molar-refractivity contribution in [3.05, 3.63) is 48.0 Å². The highest BCUT2D eigenvalue weighted by molar-refractivity contribution is 6.07. The minimum absolute atomic E-state index is 0.0455. The Morgan fingerprint density at radius 2 is 1.86 bits per heavy atom. The van der Waals surface area contributed by atoms with Gasteiger partial charge in [-0.25, -0.2) is 0 Å². The molecule has 4 heteroatoms. The van der Waals surface area contributed by atoms with E-state index in [-0.39, 0.29) is 18.4 Å². The van der Waals surface area contributed by atoms with Crippen LogP contribution < -0.4 is 5.32 Å². The minimum atomic E-state index is -0.803. The van der Waals surface area contributed by atoms with Crippen LogP contribution in [0.2, 0.25) is 0 Å². The molecule has 4 nitrogen and oxygen atoms in total. The van der Waals surface area contributed by atoms with Crippen LogP contribution in [0, 0.1) is 0 Å². The van der Waals surface area contributed by atoms with Gasteiger partial charge in [0.25, 0.3) is 5.91 Å². The summed E-state index contributed by atoms with van der Waals surface area (Å²) in [7, 11) is 0. The molecule has 21 heavy (non-hydrogen) atoms. The van der Waals surface area contributed by atoms with E-state index in [0.717, 1.165) is 10.8 Å². The van der Waals surface area contributed by atoms with Gasteiger partial charge in [-0.15, -0.1) is 0 Å². The van der Waals surface area contributed by atoms with E-state index in [0.29, 0.717) is 18.4 Å². The molecule has 0 bridgehead atoms. The molecule has 2 rings (SSSR count). The van der Waals surface area contributed by atoms with Crippen LogP contribution in [-0.4, -0.2) is 23.0 Å². The van der Waals surface area contributed by atoms with Crippen LogP contribution in [0.4, 0.5) is 0 Å². The van der Waals surface area contributed by atoms with Crippen molar-refractivity contribution in [3.8, 4) is 0 Å². The summed E-state index contributed by atoms with van der Waals surface area (Å²) in [6.07, 6.45) is 1.35. The summed E-state index contributed by atoms with van der Waals surface area (Å²) in [6.45, 7) is 1.89. The molecule has 1 unspecified atom stereocenters. The van der Waals surface area contributed by atoms with Crippen molar-refractivity contribution < 1.29 is 14.7 Å². The van der Waals surface area contributed by atoms with Gasteiger partial charge in [-0.05, 0) is 36.6 Å². The van der Waals surface area contributed by atoms with Crippen LogP contribution in [-0.2, 0) is 4.79 Å². The molecule has 0 aromatic heterocycles. The maximum Gasteiger partial charge on any atom is 0.303 e. The van der Waals surface area contributed by atoms with E-state index in [9.17, 15) is 9.59 Å². The number of carbonyl (C=O) groups is 2. The molecule has 2 aromatic carbocycles. The van der Waals surface area contributed by atoms with Crippen molar-refractivity contribution in [2.75, 3.05) is 0 Å². The monoisotopic (exact) mass is 285 g/mol. The third-order valence-corrected chi connectivity index (χ3v) is 3.44.